The van der Waals surface area contributed by atoms with Gasteiger partial charge in [-0.2, -0.15) is 0 Å². The lowest BCUT2D eigenvalue weighted by atomic mass is 10.1. The summed E-state index contributed by atoms with van der Waals surface area (Å²) >= 11 is 7.53. The summed E-state index contributed by atoms with van der Waals surface area (Å²) in [5, 5.41) is 0.728. The van der Waals surface area contributed by atoms with Crippen molar-refractivity contribution in [1.29, 1.82) is 0 Å². The average molecular weight is 363 g/mol. The number of thiophene rings is 1. The van der Waals surface area contributed by atoms with Gasteiger partial charge in [0.25, 0.3) is 5.56 Å². The van der Waals surface area contributed by atoms with Crippen LogP contribution in [0.4, 0.5) is 4.39 Å². The number of aromatic nitrogens is 2. The molecule has 3 nitrogen and oxygen atoms in total. The SMILES string of the molecule is Cc1nc2sc3c(c2c(=O)n1-c1ccc(F)c(Cl)c1)CCCCC3. The summed E-state index contributed by atoms with van der Waals surface area (Å²) in [5.74, 6) is 0.0936. The van der Waals surface area contributed by atoms with Crippen LogP contribution in [-0.4, -0.2) is 9.55 Å². The van der Waals surface area contributed by atoms with E-state index in [0.717, 1.165) is 35.0 Å². The van der Waals surface area contributed by atoms with E-state index in [0.29, 0.717) is 11.5 Å². The topological polar surface area (TPSA) is 34.9 Å². The van der Waals surface area contributed by atoms with E-state index in [1.54, 1.807) is 24.3 Å². The molecule has 3 aromatic rings. The lowest BCUT2D eigenvalue weighted by Gasteiger charge is -2.10. The molecule has 0 amide bonds. The lowest BCUT2D eigenvalue weighted by molar-refractivity contribution is 0.627. The summed E-state index contributed by atoms with van der Waals surface area (Å²) in [7, 11) is 0. The molecule has 1 aliphatic carbocycles. The van der Waals surface area contributed by atoms with Gasteiger partial charge in [0.15, 0.2) is 0 Å². The second-order valence-electron chi connectivity index (χ2n) is 6.14. The van der Waals surface area contributed by atoms with Crippen molar-refractivity contribution in [2.75, 3.05) is 0 Å². The van der Waals surface area contributed by atoms with Crippen molar-refractivity contribution in [2.24, 2.45) is 0 Å². The van der Waals surface area contributed by atoms with Crippen LogP contribution in [0.5, 0.6) is 0 Å². The van der Waals surface area contributed by atoms with Gasteiger partial charge < -0.3 is 0 Å². The number of benzene rings is 1. The molecule has 1 aliphatic rings. The molecule has 0 atom stereocenters. The zero-order valence-corrected chi connectivity index (χ0v) is 14.8. The average Bonchev–Trinajstić information content (AvgIpc) is 2.72. The summed E-state index contributed by atoms with van der Waals surface area (Å²) < 4.78 is 15.0. The van der Waals surface area contributed by atoms with Gasteiger partial charge in [-0.25, -0.2) is 9.37 Å². The van der Waals surface area contributed by atoms with Crippen LogP contribution in [0.1, 0.15) is 35.5 Å². The molecule has 0 saturated carbocycles. The van der Waals surface area contributed by atoms with Crippen LogP contribution in [0.15, 0.2) is 23.0 Å². The second-order valence-corrected chi connectivity index (χ2v) is 7.63. The highest BCUT2D eigenvalue weighted by molar-refractivity contribution is 7.18. The molecule has 124 valence electrons. The third kappa shape index (κ3) is 2.47. The summed E-state index contributed by atoms with van der Waals surface area (Å²) in [4.78, 5) is 19.9. The van der Waals surface area contributed by atoms with E-state index < -0.39 is 5.82 Å². The predicted octanol–water partition coefficient (Wildman–Crippen LogP) is 4.82. The Morgan fingerprint density at radius 3 is 2.83 bits per heavy atom. The van der Waals surface area contributed by atoms with Crippen LogP contribution < -0.4 is 5.56 Å². The third-order valence-corrected chi connectivity index (χ3v) is 6.04. The van der Waals surface area contributed by atoms with Gasteiger partial charge in [-0.15, -0.1) is 11.3 Å². The van der Waals surface area contributed by atoms with Gasteiger partial charge in [-0.3, -0.25) is 9.36 Å². The Hall–Kier alpha value is -1.72. The summed E-state index contributed by atoms with van der Waals surface area (Å²) in [6.07, 6.45) is 5.43. The monoisotopic (exact) mass is 362 g/mol. The van der Waals surface area contributed by atoms with Crippen molar-refractivity contribution in [3.8, 4) is 5.69 Å². The highest BCUT2D eigenvalue weighted by Crippen LogP contribution is 2.33. The zero-order chi connectivity index (χ0) is 16.8. The van der Waals surface area contributed by atoms with Crippen LogP contribution in [-0.2, 0) is 12.8 Å². The molecule has 1 aromatic carbocycles. The van der Waals surface area contributed by atoms with Gasteiger partial charge in [-0.05, 0) is 56.4 Å². The van der Waals surface area contributed by atoms with Gasteiger partial charge >= 0.3 is 0 Å². The van der Waals surface area contributed by atoms with E-state index >= 15 is 0 Å². The van der Waals surface area contributed by atoms with Gasteiger partial charge in [0.05, 0.1) is 16.1 Å². The maximum atomic E-state index is 13.5. The number of hydrogen-bond donors (Lipinski definition) is 0. The molecule has 0 saturated heterocycles. The van der Waals surface area contributed by atoms with Crippen LogP contribution >= 0.6 is 22.9 Å². The Morgan fingerprint density at radius 1 is 1.25 bits per heavy atom. The molecule has 0 radical (unpaired) electrons. The molecule has 0 bridgehead atoms. The first kappa shape index (κ1) is 15.8. The number of fused-ring (bicyclic) bond motifs is 3. The van der Waals surface area contributed by atoms with Crippen molar-refractivity contribution < 1.29 is 4.39 Å². The third-order valence-electron chi connectivity index (χ3n) is 4.57. The van der Waals surface area contributed by atoms with Crippen molar-refractivity contribution in [3.05, 3.63) is 55.7 Å². The number of hydrogen-bond acceptors (Lipinski definition) is 3. The predicted molar refractivity (Wildman–Crippen MR) is 96.2 cm³/mol. The molecule has 0 aliphatic heterocycles. The fourth-order valence-electron chi connectivity index (χ4n) is 3.41. The van der Waals surface area contributed by atoms with E-state index in [1.165, 1.54) is 34.4 Å². The number of nitrogens with zero attached hydrogens (tertiary/aromatic N) is 2. The minimum Gasteiger partial charge on any atom is -0.268 e. The molecule has 4 rings (SSSR count). The number of aryl methyl sites for hydroxylation is 3. The van der Waals surface area contributed by atoms with Gasteiger partial charge in [-0.1, -0.05) is 18.0 Å². The molecule has 0 spiro atoms. The van der Waals surface area contributed by atoms with Crippen molar-refractivity contribution in [3.63, 3.8) is 0 Å². The highest BCUT2D eigenvalue weighted by atomic mass is 35.5. The van der Waals surface area contributed by atoms with Crippen LogP contribution in [0.3, 0.4) is 0 Å². The molecule has 0 N–H and O–H groups in total. The molecular formula is C18H16ClFN2OS. The maximum Gasteiger partial charge on any atom is 0.267 e. The van der Waals surface area contributed by atoms with Gasteiger partial charge in [0, 0.05) is 4.88 Å². The van der Waals surface area contributed by atoms with E-state index in [9.17, 15) is 9.18 Å². The molecule has 2 aromatic heterocycles. The zero-order valence-electron chi connectivity index (χ0n) is 13.2. The van der Waals surface area contributed by atoms with Crippen molar-refractivity contribution in [2.45, 2.75) is 39.0 Å². The van der Waals surface area contributed by atoms with Crippen molar-refractivity contribution in [1.82, 2.24) is 9.55 Å². The fraction of sp³-hybridized carbons (Fsp3) is 0.333. The molecule has 0 fully saturated rings. The Bertz CT molecular complexity index is 1010. The first-order valence-electron chi connectivity index (χ1n) is 8.05. The van der Waals surface area contributed by atoms with Gasteiger partial charge in [0.1, 0.15) is 16.5 Å². The summed E-state index contributed by atoms with van der Waals surface area (Å²) in [6, 6.07) is 4.32. The first-order valence-corrected chi connectivity index (χ1v) is 9.25. The Kier molecular flexibility index (Phi) is 3.93. The summed E-state index contributed by atoms with van der Waals surface area (Å²) in [6.45, 7) is 1.79. The van der Waals surface area contributed by atoms with E-state index in [-0.39, 0.29) is 10.6 Å². The fourth-order valence-corrected chi connectivity index (χ4v) is 4.88. The van der Waals surface area contributed by atoms with E-state index in [1.807, 2.05) is 0 Å². The Morgan fingerprint density at radius 2 is 2.04 bits per heavy atom. The minimum absolute atomic E-state index is 0.00282. The van der Waals surface area contributed by atoms with Gasteiger partial charge in [0.2, 0.25) is 0 Å². The smallest absolute Gasteiger partial charge is 0.267 e. The molecule has 24 heavy (non-hydrogen) atoms. The molecule has 6 heteroatoms. The standard InChI is InChI=1S/C18H16ClFN2OS/c1-10-21-17-16(12-5-3-2-4-6-15(12)24-17)18(23)22(10)11-7-8-14(20)13(19)9-11/h7-9H,2-6H2,1H3. The molecule has 0 unspecified atom stereocenters. The van der Waals surface area contributed by atoms with E-state index in [2.05, 4.69) is 4.98 Å². The first-order chi connectivity index (χ1) is 11.6. The molecule has 2 heterocycles. The van der Waals surface area contributed by atoms with Crippen molar-refractivity contribution >= 4 is 33.2 Å². The largest absolute Gasteiger partial charge is 0.268 e. The summed E-state index contributed by atoms with van der Waals surface area (Å²) in [5.41, 5.74) is 1.62. The van der Waals surface area contributed by atoms with Crippen LogP contribution in [0.2, 0.25) is 5.02 Å². The molecular weight excluding hydrogens is 347 g/mol. The second kappa shape index (κ2) is 5.97. The van der Waals surface area contributed by atoms with Crippen LogP contribution in [0.25, 0.3) is 15.9 Å². The number of rotatable bonds is 1. The highest BCUT2D eigenvalue weighted by Gasteiger charge is 2.21. The maximum absolute atomic E-state index is 13.5. The number of halogens is 2. The Labute approximate surface area is 147 Å². The minimum atomic E-state index is -0.496. The normalized spacial score (nSPS) is 14.6. The van der Waals surface area contributed by atoms with Crippen LogP contribution in [0, 0.1) is 12.7 Å². The quantitative estimate of drug-likeness (QED) is 0.582. The lowest BCUT2D eigenvalue weighted by Crippen LogP contribution is -2.22. The van der Waals surface area contributed by atoms with E-state index in [4.69, 9.17) is 11.6 Å². The Balaban J connectivity index is 2.01.